The molecule has 3 atom stereocenters. The Morgan fingerprint density at radius 1 is 1.21 bits per heavy atom. The standard InChI is InChI=1S/C25H28N2O6S/c1-2-34(30,31)27-23(29)11-5-3-4-8-20-17-32-25(19-14-12-18(16-26)13-15-19)33-24(20)21-9-6-7-10-22(21)28/h3-4,6-7,9-10,12-15,20,24-25,28H,2,5,8,11,17H2,1H3,(H,27,29)/b4-3-. The van der Waals surface area contributed by atoms with Gasteiger partial charge >= 0.3 is 0 Å². The molecule has 8 nitrogen and oxygen atoms in total. The summed E-state index contributed by atoms with van der Waals surface area (Å²) in [6.07, 6.45) is 3.71. The van der Waals surface area contributed by atoms with Crippen LogP contribution in [0.4, 0.5) is 0 Å². The summed E-state index contributed by atoms with van der Waals surface area (Å²) in [5, 5.41) is 19.4. The van der Waals surface area contributed by atoms with Crippen LogP contribution in [-0.2, 0) is 24.3 Å². The molecule has 3 unspecified atom stereocenters. The number of ether oxygens (including phenoxy) is 2. The van der Waals surface area contributed by atoms with Crippen LogP contribution in [0.2, 0.25) is 0 Å². The average molecular weight is 485 g/mol. The predicted molar refractivity (Wildman–Crippen MR) is 126 cm³/mol. The first-order chi connectivity index (χ1) is 16.3. The number of nitrogens with zero attached hydrogens (tertiary/aromatic N) is 1. The molecule has 2 aromatic carbocycles. The van der Waals surface area contributed by atoms with Crippen LogP contribution in [0, 0.1) is 17.2 Å². The molecule has 1 heterocycles. The fraction of sp³-hybridized carbons (Fsp3) is 0.360. The molecule has 2 N–H and O–H groups in total. The number of para-hydroxylation sites is 1. The molecule has 0 aliphatic carbocycles. The molecule has 0 spiro atoms. The van der Waals surface area contributed by atoms with Crippen LogP contribution >= 0.6 is 0 Å². The number of benzene rings is 2. The van der Waals surface area contributed by atoms with E-state index in [1.54, 1.807) is 36.4 Å². The maximum atomic E-state index is 11.8. The largest absolute Gasteiger partial charge is 0.508 e. The molecule has 3 rings (SSSR count). The van der Waals surface area contributed by atoms with E-state index >= 15 is 0 Å². The number of allylic oxidation sites excluding steroid dienone is 2. The Bertz CT molecular complexity index is 1150. The van der Waals surface area contributed by atoms with E-state index in [0.717, 1.165) is 5.56 Å². The Kier molecular flexibility index (Phi) is 8.82. The quantitative estimate of drug-likeness (QED) is 0.518. The van der Waals surface area contributed by atoms with Crippen LogP contribution in [0.1, 0.15) is 55.3 Å². The van der Waals surface area contributed by atoms with Gasteiger partial charge < -0.3 is 14.6 Å². The Morgan fingerprint density at radius 3 is 2.62 bits per heavy atom. The van der Waals surface area contributed by atoms with E-state index < -0.39 is 28.3 Å². The van der Waals surface area contributed by atoms with Gasteiger partial charge in [0.05, 0.1) is 30.1 Å². The van der Waals surface area contributed by atoms with Gasteiger partial charge in [0.1, 0.15) is 5.75 Å². The van der Waals surface area contributed by atoms with Crippen molar-refractivity contribution in [1.82, 2.24) is 4.72 Å². The van der Waals surface area contributed by atoms with Gasteiger partial charge in [-0.25, -0.2) is 8.42 Å². The van der Waals surface area contributed by atoms with Crippen LogP contribution in [0.15, 0.2) is 60.7 Å². The number of phenols is 1. The van der Waals surface area contributed by atoms with Crippen molar-refractivity contribution in [2.45, 2.75) is 38.6 Å². The molecule has 1 aliphatic heterocycles. The highest BCUT2D eigenvalue weighted by Crippen LogP contribution is 2.42. The lowest BCUT2D eigenvalue weighted by Crippen LogP contribution is -2.31. The summed E-state index contributed by atoms with van der Waals surface area (Å²) in [6.45, 7) is 1.85. The lowest BCUT2D eigenvalue weighted by atomic mass is 9.91. The van der Waals surface area contributed by atoms with Gasteiger partial charge in [-0.2, -0.15) is 5.26 Å². The fourth-order valence-corrected chi connectivity index (χ4v) is 4.21. The van der Waals surface area contributed by atoms with Gasteiger partial charge in [-0.15, -0.1) is 0 Å². The SMILES string of the molecule is CCS(=O)(=O)NC(=O)CC/C=C\CC1COC(c2ccc(C#N)cc2)OC1c1ccccc1O. The minimum Gasteiger partial charge on any atom is -0.508 e. The highest BCUT2D eigenvalue weighted by atomic mass is 32.2. The van der Waals surface area contributed by atoms with Crippen molar-refractivity contribution in [3.05, 3.63) is 77.4 Å². The maximum Gasteiger partial charge on any atom is 0.234 e. The van der Waals surface area contributed by atoms with E-state index in [1.807, 2.05) is 29.0 Å². The van der Waals surface area contributed by atoms with Crippen LogP contribution < -0.4 is 4.72 Å². The molecule has 0 bridgehead atoms. The molecule has 1 amide bonds. The molecule has 1 saturated heterocycles. The second-order valence-electron chi connectivity index (χ2n) is 7.95. The number of phenolic OH excluding ortho intramolecular Hbond substituents is 1. The van der Waals surface area contributed by atoms with Crippen molar-refractivity contribution in [2.24, 2.45) is 5.92 Å². The van der Waals surface area contributed by atoms with Crippen molar-refractivity contribution in [1.29, 1.82) is 5.26 Å². The topological polar surface area (TPSA) is 126 Å². The van der Waals surface area contributed by atoms with E-state index in [9.17, 15) is 18.3 Å². The third-order valence-corrected chi connectivity index (χ3v) is 6.81. The monoisotopic (exact) mass is 484 g/mol. The lowest BCUT2D eigenvalue weighted by molar-refractivity contribution is -0.244. The zero-order valence-electron chi connectivity index (χ0n) is 18.9. The highest BCUT2D eigenvalue weighted by molar-refractivity contribution is 7.90. The van der Waals surface area contributed by atoms with Crippen LogP contribution in [-0.4, -0.2) is 31.8 Å². The van der Waals surface area contributed by atoms with Crippen molar-refractivity contribution < 1.29 is 27.8 Å². The minimum atomic E-state index is -3.55. The van der Waals surface area contributed by atoms with Gasteiger partial charge in [-0.1, -0.05) is 42.5 Å². The molecule has 34 heavy (non-hydrogen) atoms. The summed E-state index contributed by atoms with van der Waals surface area (Å²) in [6, 6.07) is 16.1. The third kappa shape index (κ3) is 6.90. The molecule has 0 radical (unpaired) electrons. The predicted octanol–water partition coefficient (Wildman–Crippen LogP) is 3.86. The van der Waals surface area contributed by atoms with Crippen LogP contribution in [0.25, 0.3) is 0 Å². The number of hydrogen-bond donors (Lipinski definition) is 2. The number of nitriles is 1. The first-order valence-electron chi connectivity index (χ1n) is 11.1. The average Bonchev–Trinajstić information content (AvgIpc) is 2.84. The number of aromatic hydroxyl groups is 1. The van der Waals surface area contributed by atoms with Gasteiger partial charge in [0.15, 0.2) is 6.29 Å². The number of nitrogens with one attached hydrogen (secondary N) is 1. The highest BCUT2D eigenvalue weighted by Gasteiger charge is 2.34. The smallest absolute Gasteiger partial charge is 0.234 e. The Morgan fingerprint density at radius 2 is 1.94 bits per heavy atom. The number of amides is 1. The molecule has 0 saturated carbocycles. The zero-order valence-corrected chi connectivity index (χ0v) is 19.7. The lowest BCUT2D eigenvalue weighted by Gasteiger charge is -2.37. The van der Waals surface area contributed by atoms with E-state index in [-0.39, 0.29) is 23.8 Å². The normalized spacial score (nSPS) is 20.6. The number of hydrogen-bond acceptors (Lipinski definition) is 7. The molecule has 9 heteroatoms. The number of carbonyl (C=O) groups excluding carboxylic acids is 1. The van der Waals surface area contributed by atoms with Gasteiger partial charge in [0.2, 0.25) is 15.9 Å². The summed E-state index contributed by atoms with van der Waals surface area (Å²) < 4.78 is 37.1. The van der Waals surface area contributed by atoms with Gasteiger partial charge in [-0.05, 0) is 38.0 Å². The Balaban J connectivity index is 1.65. The van der Waals surface area contributed by atoms with Gasteiger partial charge in [-0.3, -0.25) is 9.52 Å². The molecular weight excluding hydrogens is 456 g/mol. The molecule has 2 aromatic rings. The van der Waals surface area contributed by atoms with Crippen molar-refractivity contribution in [3.63, 3.8) is 0 Å². The molecule has 180 valence electrons. The number of sulfonamides is 1. The summed E-state index contributed by atoms with van der Waals surface area (Å²) in [5.41, 5.74) is 1.98. The number of carbonyl (C=O) groups is 1. The number of rotatable bonds is 9. The molecule has 0 aromatic heterocycles. The zero-order chi connectivity index (χ0) is 24.6. The van der Waals surface area contributed by atoms with Gasteiger partial charge in [0, 0.05) is 23.5 Å². The molecule has 1 aliphatic rings. The van der Waals surface area contributed by atoms with Crippen molar-refractivity contribution >= 4 is 15.9 Å². The first kappa shape index (κ1) is 25.4. The second-order valence-corrected chi connectivity index (χ2v) is 9.96. The second kappa shape index (κ2) is 11.8. The fourth-order valence-electron chi connectivity index (χ4n) is 3.62. The molecular formula is C25H28N2O6S. The summed E-state index contributed by atoms with van der Waals surface area (Å²) >= 11 is 0. The molecule has 1 fully saturated rings. The third-order valence-electron chi connectivity index (χ3n) is 5.51. The Hall–Kier alpha value is -3.19. The maximum absolute atomic E-state index is 11.8. The summed E-state index contributed by atoms with van der Waals surface area (Å²) in [4.78, 5) is 11.8. The summed E-state index contributed by atoms with van der Waals surface area (Å²) in [7, 11) is -3.55. The van der Waals surface area contributed by atoms with E-state index in [1.165, 1.54) is 6.92 Å². The van der Waals surface area contributed by atoms with Gasteiger partial charge in [0.25, 0.3) is 0 Å². The Labute approximate surface area is 199 Å². The van der Waals surface area contributed by atoms with E-state index in [0.29, 0.717) is 30.6 Å². The summed E-state index contributed by atoms with van der Waals surface area (Å²) in [5.74, 6) is -0.634. The van der Waals surface area contributed by atoms with Crippen molar-refractivity contribution in [3.8, 4) is 11.8 Å². The first-order valence-corrected chi connectivity index (χ1v) is 12.7. The van der Waals surface area contributed by atoms with Crippen LogP contribution in [0.5, 0.6) is 5.75 Å². The van der Waals surface area contributed by atoms with E-state index in [2.05, 4.69) is 6.07 Å². The minimum absolute atomic E-state index is 0.0665. The van der Waals surface area contributed by atoms with E-state index in [4.69, 9.17) is 14.7 Å². The van der Waals surface area contributed by atoms with Crippen LogP contribution in [0.3, 0.4) is 0 Å². The van der Waals surface area contributed by atoms with Crippen molar-refractivity contribution in [2.75, 3.05) is 12.4 Å².